The number of aryl methyl sites for hydroxylation is 1. The van der Waals surface area contributed by atoms with E-state index in [1.807, 2.05) is 36.0 Å². The van der Waals surface area contributed by atoms with E-state index in [9.17, 15) is 4.79 Å². The van der Waals surface area contributed by atoms with Gasteiger partial charge in [0, 0.05) is 36.7 Å². The zero-order valence-corrected chi connectivity index (χ0v) is 9.87. The lowest BCUT2D eigenvalue weighted by molar-refractivity contribution is 0.0962. The number of imidazole rings is 1. The summed E-state index contributed by atoms with van der Waals surface area (Å²) >= 11 is 0. The molecular formula is C13H12N4O. The Bertz CT molecular complexity index is 738. The van der Waals surface area contributed by atoms with E-state index in [0.29, 0.717) is 5.56 Å². The summed E-state index contributed by atoms with van der Waals surface area (Å²) in [6.45, 7) is 0. The molecule has 0 fully saturated rings. The molecule has 0 unspecified atom stereocenters. The van der Waals surface area contributed by atoms with Gasteiger partial charge < -0.3 is 10.3 Å². The van der Waals surface area contributed by atoms with Crippen LogP contribution in [0, 0.1) is 0 Å². The number of carbonyl (C=O) groups is 1. The summed E-state index contributed by atoms with van der Waals surface area (Å²) in [5, 5.41) is 1.10. The molecule has 2 N–H and O–H groups in total. The Morgan fingerprint density at radius 1 is 1.28 bits per heavy atom. The van der Waals surface area contributed by atoms with Gasteiger partial charge in [-0.3, -0.25) is 9.36 Å². The van der Waals surface area contributed by atoms with Gasteiger partial charge in [0.05, 0.1) is 0 Å². The molecule has 0 bridgehead atoms. The molecule has 5 heteroatoms. The predicted octanol–water partition coefficient (Wildman–Crippen LogP) is 1.65. The third-order valence-electron chi connectivity index (χ3n) is 3.02. The number of benzene rings is 1. The maximum atomic E-state index is 12.2. The van der Waals surface area contributed by atoms with E-state index in [0.717, 1.165) is 10.9 Å². The van der Waals surface area contributed by atoms with Gasteiger partial charge in [0.25, 0.3) is 5.91 Å². The van der Waals surface area contributed by atoms with Gasteiger partial charge in [-0.15, -0.1) is 0 Å². The van der Waals surface area contributed by atoms with E-state index in [1.54, 1.807) is 12.3 Å². The SMILES string of the molecule is Cn1ccc2ccc(C(=O)n3ccnc3N)cc21. The molecule has 18 heavy (non-hydrogen) atoms. The van der Waals surface area contributed by atoms with Crippen molar-refractivity contribution in [1.82, 2.24) is 14.1 Å². The average Bonchev–Trinajstić information content (AvgIpc) is 2.95. The maximum absolute atomic E-state index is 12.2. The molecule has 0 aliphatic carbocycles. The molecule has 90 valence electrons. The van der Waals surface area contributed by atoms with Crippen LogP contribution in [0.3, 0.4) is 0 Å². The second kappa shape index (κ2) is 3.73. The number of nitrogens with two attached hydrogens (primary N) is 1. The largest absolute Gasteiger partial charge is 0.369 e. The lowest BCUT2D eigenvalue weighted by Gasteiger charge is -2.04. The molecule has 2 heterocycles. The molecule has 0 amide bonds. The molecule has 0 spiro atoms. The molecule has 2 aromatic heterocycles. The number of fused-ring (bicyclic) bond motifs is 1. The summed E-state index contributed by atoms with van der Waals surface area (Å²) in [6, 6.07) is 7.59. The van der Waals surface area contributed by atoms with Crippen LogP contribution in [0.5, 0.6) is 0 Å². The Morgan fingerprint density at radius 3 is 2.83 bits per heavy atom. The fourth-order valence-electron chi connectivity index (χ4n) is 2.02. The fraction of sp³-hybridized carbons (Fsp3) is 0.0769. The Balaban J connectivity index is 2.12. The van der Waals surface area contributed by atoms with Crippen LogP contribution in [0.25, 0.3) is 10.9 Å². The number of nitrogen functional groups attached to an aromatic ring is 1. The summed E-state index contributed by atoms with van der Waals surface area (Å²) in [7, 11) is 1.95. The molecule has 0 aliphatic rings. The average molecular weight is 240 g/mol. The first-order valence-electron chi connectivity index (χ1n) is 5.55. The maximum Gasteiger partial charge on any atom is 0.264 e. The first kappa shape index (κ1) is 10.6. The van der Waals surface area contributed by atoms with Crippen LogP contribution in [0.15, 0.2) is 42.9 Å². The lowest BCUT2D eigenvalue weighted by Crippen LogP contribution is -2.13. The van der Waals surface area contributed by atoms with Crippen molar-refractivity contribution >= 4 is 22.8 Å². The van der Waals surface area contributed by atoms with Gasteiger partial charge in [-0.25, -0.2) is 4.98 Å². The van der Waals surface area contributed by atoms with Crippen molar-refractivity contribution in [3.63, 3.8) is 0 Å². The van der Waals surface area contributed by atoms with Crippen LogP contribution < -0.4 is 5.73 Å². The number of carbonyl (C=O) groups excluding carboxylic acids is 1. The van der Waals surface area contributed by atoms with Gasteiger partial charge in [0.15, 0.2) is 0 Å². The van der Waals surface area contributed by atoms with E-state index in [1.165, 1.54) is 10.8 Å². The summed E-state index contributed by atoms with van der Waals surface area (Å²) in [4.78, 5) is 16.1. The summed E-state index contributed by atoms with van der Waals surface area (Å²) in [5.41, 5.74) is 7.23. The van der Waals surface area contributed by atoms with Gasteiger partial charge in [-0.1, -0.05) is 6.07 Å². The smallest absolute Gasteiger partial charge is 0.264 e. The Hall–Kier alpha value is -2.56. The van der Waals surface area contributed by atoms with Crippen molar-refractivity contribution in [2.75, 3.05) is 5.73 Å². The molecular weight excluding hydrogens is 228 g/mol. The highest BCUT2D eigenvalue weighted by molar-refractivity contribution is 6.00. The molecule has 3 rings (SSSR count). The van der Waals surface area contributed by atoms with Crippen molar-refractivity contribution in [1.29, 1.82) is 0 Å². The van der Waals surface area contributed by atoms with E-state index < -0.39 is 0 Å². The topological polar surface area (TPSA) is 65.8 Å². The number of anilines is 1. The number of hydrogen-bond donors (Lipinski definition) is 1. The first-order valence-corrected chi connectivity index (χ1v) is 5.55. The van der Waals surface area contributed by atoms with E-state index in [4.69, 9.17) is 5.73 Å². The summed E-state index contributed by atoms with van der Waals surface area (Å²) < 4.78 is 3.31. The molecule has 0 radical (unpaired) electrons. The molecule has 0 atom stereocenters. The molecule has 3 aromatic rings. The van der Waals surface area contributed by atoms with Crippen molar-refractivity contribution in [3.8, 4) is 0 Å². The van der Waals surface area contributed by atoms with Crippen LogP contribution in [0.4, 0.5) is 5.95 Å². The lowest BCUT2D eigenvalue weighted by atomic mass is 10.1. The summed E-state index contributed by atoms with van der Waals surface area (Å²) in [6.07, 6.45) is 5.03. The van der Waals surface area contributed by atoms with Gasteiger partial charge in [0.2, 0.25) is 5.95 Å². The molecule has 1 aromatic carbocycles. The first-order chi connectivity index (χ1) is 8.66. The van der Waals surface area contributed by atoms with Crippen LogP contribution in [0.2, 0.25) is 0 Å². The highest BCUT2D eigenvalue weighted by Gasteiger charge is 2.12. The Kier molecular flexibility index (Phi) is 2.19. The van der Waals surface area contributed by atoms with Crippen LogP contribution in [-0.2, 0) is 7.05 Å². The van der Waals surface area contributed by atoms with Gasteiger partial charge in [0.1, 0.15) is 0 Å². The monoisotopic (exact) mass is 240 g/mol. The second-order valence-electron chi connectivity index (χ2n) is 4.16. The molecule has 5 nitrogen and oxygen atoms in total. The van der Waals surface area contributed by atoms with Crippen LogP contribution in [-0.4, -0.2) is 20.0 Å². The van der Waals surface area contributed by atoms with E-state index >= 15 is 0 Å². The van der Waals surface area contributed by atoms with Crippen molar-refractivity contribution < 1.29 is 4.79 Å². The Labute approximate surface area is 103 Å². The quantitative estimate of drug-likeness (QED) is 0.703. The van der Waals surface area contributed by atoms with Crippen molar-refractivity contribution in [3.05, 3.63) is 48.4 Å². The fourth-order valence-corrected chi connectivity index (χ4v) is 2.02. The van der Waals surface area contributed by atoms with Gasteiger partial charge >= 0.3 is 0 Å². The zero-order valence-electron chi connectivity index (χ0n) is 9.87. The summed E-state index contributed by atoms with van der Waals surface area (Å²) in [5.74, 6) is 0.0279. The van der Waals surface area contributed by atoms with Crippen LogP contribution in [0.1, 0.15) is 10.4 Å². The zero-order chi connectivity index (χ0) is 12.7. The second-order valence-corrected chi connectivity index (χ2v) is 4.16. The number of hydrogen-bond acceptors (Lipinski definition) is 3. The standard InChI is InChI=1S/C13H12N4O/c1-16-6-4-9-2-3-10(8-11(9)16)12(18)17-7-5-15-13(17)14/h2-8H,1H3,(H2,14,15). The van der Waals surface area contributed by atoms with E-state index in [2.05, 4.69) is 4.98 Å². The van der Waals surface area contributed by atoms with Gasteiger partial charge in [-0.2, -0.15) is 0 Å². The van der Waals surface area contributed by atoms with Crippen molar-refractivity contribution in [2.24, 2.45) is 7.05 Å². The molecule has 0 saturated heterocycles. The Morgan fingerprint density at radius 2 is 2.11 bits per heavy atom. The number of nitrogens with zero attached hydrogens (tertiary/aromatic N) is 3. The van der Waals surface area contributed by atoms with Crippen LogP contribution >= 0.6 is 0 Å². The normalized spacial score (nSPS) is 10.9. The number of rotatable bonds is 1. The van der Waals surface area contributed by atoms with Gasteiger partial charge in [-0.05, 0) is 23.6 Å². The van der Waals surface area contributed by atoms with E-state index in [-0.39, 0.29) is 11.9 Å². The van der Waals surface area contributed by atoms with Crippen molar-refractivity contribution in [2.45, 2.75) is 0 Å². The highest BCUT2D eigenvalue weighted by atomic mass is 16.2. The molecule has 0 saturated carbocycles. The molecule has 0 aliphatic heterocycles. The predicted molar refractivity (Wildman–Crippen MR) is 69.3 cm³/mol. The highest BCUT2D eigenvalue weighted by Crippen LogP contribution is 2.18. The minimum absolute atomic E-state index is 0.173. The minimum Gasteiger partial charge on any atom is -0.369 e. The minimum atomic E-state index is -0.173. The third-order valence-corrected chi connectivity index (χ3v) is 3.02. The number of aromatic nitrogens is 3. The third kappa shape index (κ3) is 1.48.